The molecule has 0 bridgehead atoms. The number of ketones is 1. The van der Waals surface area contributed by atoms with Crippen molar-refractivity contribution in [1.29, 1.82) is 0 Å². The van der Waals surface area contributed by atoms with E-state index < -0.39 is 17.5 Å². The van der Waals surface area contributed by atoms with E-state index in [0.717, 1.165) is 37.8 Å². The van der Waals surface area contributed by atoms with E-state index in [4.69, 9.17) is 4.42 Å². The number of benzene rings is 1. The molecule has 5 rings (SSSR count). The van der Waals surface area contributed by atoms with Crippen LogP contribution in [0.25, 0.3) is 0 Å². The second-order valence-electron chi connectivity index (χ2n) is 10.0. The Kier molecular flexibility index (Phi) is 6.80. The smallest absolute Gasteiger partial charge is 0.287 e. The number of para-hydroxylation sites is 1. The summed E-state index contributed by atoms with van der Waals surface area (Å²) >= 11 is 0. The van der Waals surface area contributed by atoms with Gasteiger partial charge in [0.15, 0.2) is 11.5 Å². The zero-order valence-corrected chi connectivity index (χ0v) is 20.3. The summed E-state index contributed by atoms with van der Waals surface area (Å²) < 4.78 is 5.20. The Bertz CT molecular complexity index is 1130. The largest absolute Gasteiger partial charge is 0.459 e. The lowest BCUT2D eigenvalue weighted by atomic mass is 9.80. The standard InChI is InChI=1S/C27H32N4O5/c32-22-17-31(21-8-3-2-7-19(21)24(33)28-18-10-11-18)15-12-20(22)29-26(35)27(13-4-1-5-14-27)30-25(34)23-9-6-16-36-23/h2-3,6-9,16,18,20H,1,4-5,10-15,17H2,(H,28,33)(H,29,35)(H,30,34). The van der Waals surface area contributed by atoms with Gasteiger partial charge in [-0.05, 0) is 56.4 Å². The number of furan rings is 1. The van der Waals surface area contributed by atoms with Crippen molar-refractivity contribution in [3.63, 3.8) is 0 Å². The van der Waals surface area contributed by atoms with Crippen molar-refractivity contribution in [2.24, 2.45) is 0 Å². The maximum absolute atomic E-state index is 13.5. The molecule has 190 valence electrons. The molecule has 0 spiro atoms. The molecule has 1 unspecified atom stereocenters. The summed E-state index contributed by atoms with van der Waals surface area (Å²) in [5, 5.41) is 8.85. The topological polar surface area (TPSA) is 121 Å². The van der Waals surface area contributed by atoms with Gasteiger partial charge in [0.2, 0.25) is 5.91 Å². The Hall–Kier alpha value is -3.62. The molecule has 2 heterocycles. The van der Waals surface area contributed by atoms with Crippen LogP contribution in [0.4, 0.5) is 5.69 Å². The van der Waals surface area contributed by atoms with Crippen molar-refractivity contribution >= 4 is 29.2 Å². The van der Waals surface area contributed by atoms with Crippen LogP contribution in [0.5, 0.6) is 0 Å². The molecule has 3 N–H and O–H groups in total. The number of Topliss-reactive ketones (excluding diaryl/α,β-unsaturated/α-hetero) is 1. The van der Waals surface area contributed by atoms with Crippen molar-refractivity contribution in [3.8, 4) is 0 Å². The van der Waals surface area contributed by atoms with Crippen molar-refractivity contribution in [1.82, 2.24) is 16.0 Å². The Morgan fingerprint density at radius 1 is 0.917 bits per heavy atom. The highest BCUT2D eigenvalue weighted by Crippen LogP contribution is 2.30. The Morgan fingerprint density at radius 3 is 2.39 bits per heavy atom. The average Bonchev–Trinajstić information content (AvgIpc) is 3.52. The average molecular weight is 493 g/mol. The van der Waals surface area contributed by atoms with Gasteiger partial charge < -0.3 is 25.3 Å². The van der Waals surface area contributed by atoms with E-state index in [2.05, 4.69) is 16.0 Å². The molecule has 1 aromatic carbocycles. The third kappa shape index (κ3) is 5.15. The first-order valence-corrected chi connectivity index (χ1v) is 12.8. The summed E-state index contributed by atoms with van der Waals surface area (Å²) in [5.74, 6) is -0.836. The fourth-order valence-corrected chi connectivity index (χ4v) is 5.16. The minimum atomic E-state index is -1.06. The molecule has 2 saturated carbocycles. The lowest BCUT2D eigenvalue weighted by molar-refractivity contribution is -0.133. The number of amides is 3. The number of nitrogens with zero attached hydrogens (tertiary/aromatic N) is 1. The first kappa shape index (κ1) is 24.1. The molecule has 1 aromatic heterocycles. The van der Waals surface area contributed by atoms with Gasteiger partial charge in [0.05, 0.1) is 24.4 Å². The maximum atomic E-state index is 13.5. The monoisotopic (exact) mass is 492 g/mol. The number of rotatable bonds is 7. The molecule has 1 saturated heterocycles. The summed E-state index contributed by atoms with van der Waals surface area (Å²) in [5.41, 5.74) is 0.220. The van der Waals surface area contributed by atoms with Crippen LogP contribution < -0.4 is 20.9 Å². The second kappa shape index (κ2) is 10.2. The number of carbonyl (C=O) groups excluding carboxylic acids is 4. The summed E-state index contributed by atoms with van der Waals surface area (Å²) in [6.07, 6.45) is 7.51. The van der Waals surface area contributed by atoms with E-state index in [0.29, 0.717) is 31.4 Å². The molecule has 1 atom stereocenters. The van der Waals surface area contributed by atoms with Gasteiger partial charge >= 0.3 is 0 Å². The molecule has 2 aliphatic carbocycles. The highest BCUT2D eigenvalue weighted by atomic mass is 16.3. The van der Waals surface area contributed by atoms with Crippen LogP contribution in [-0.2, 0) is 9.59 Å². The Labute approximate surface area is 210 Å². The quantitative estimate of drug-likeness (QED) is 0.546. The van der Waals surface area contributed by atoms with Crippen molar-refractivity contribution in [2.45, 2.75) is 69.0 Å². The molecule has 9 nitrogen and oxygen atoms in total. The highest BCUT2D eigenvalue weighted by Gasteiger charge is 2.43. The predicted octanol–water partition coefficient (Wildman–Crippen LogP) is 2.57. The Balaban J connectivity index is 1.25. The maximum Gasteiger partial charge on any atom is 0.287 e. The number of anilines is 1. The van der Waals surface area contributed by atoms with Gasteiger partial charge in [-0.1, -0.05) is 31.4 Å². The number of hydrogen-bond donors (Lipinski definition) is 3. The van der Waals surface area contributed by atoms with E-state index in [1.165, 1.54) is 6.26 Å². The van der Waals surface area contributed by atoms with E-state index in [-0.39, 0.29) is 35.9 Å². The summed E-state index contributed by atoms with van der Waals surface area (Å²) in [7, 11) is 0. The summed E-state index contributed by atoms with van der Waals surface area (Å²) in [4.78, 5) is 53.9. The molecular formula is C27H32N4O5. The first-order chi connectivity index (χ1) is 17.4. The van der Waals surface area contributed by atoms with Gasteiger partial charge in [-0.25, -0.2) is 0 Å². The lowest BCUT2D eigenvalue weighted by Gasteiger charge is -2.39. The van der Waals surface area contributed by atoms with Gasteiger partial charge in [-0.2, -0.15) is 0 Å². The molecule has 3 fully saturated rings. The zero-order chi connectivity index (χ0) is 25.1. The lowest BCUT2D eigenvalue weighted by Crippen LogP contribution is -2.63. The zero-order valence-electron chi connectivity index (χ0n) is 20.3. The van der Waals surface area contributed by atoms with Crippen molar-refractivity contribution in [2.75, 3.05) is 18.0 Å². The van der Waals surface area contributed by atoms with E-state index in [9.17, 15) is 19.2 Å². The molecule has 3 aliphatic rings. The van der Waals surface area contributed by atoms with Crippen LogP contribution in [0.1, 0.15) is 72.3 Å². The predicted molar refractivity (Wildman–Crippen MR) is 133 cm³/mol. The fraction of sp³-hybridized carbons (Fsp3) is 0.481. The molecule has 2 aromatic rings. The highest BCUT2D eigenvalue weighted by molar-refractivity contribution is 6.02. The van der Waals surface area contributed by atoms with Crippen LogP contribution in [0.15, 0.2) is 47.1 Å². The third-order valence-electron chi connectivity index (χ3n) is 7.37. The normalized spacial score (nSPS) is 21.5. The number of nitrogens with one attached hydrogen (secondary N) is 3. The molecule has 1 aliphatic heterocycles. The van der Waals surface area contributed by atoms with Gasteiger partial charge in [-0.3, -0.25) is 19.2 Å². The number of piperidine rings is 1. The second-order valence-corrected chi connectivity index (χ2v) is 10.0. The molecular weight excluding hydrogens is 460 g/mol. The van der Waals surface area contributed by atoms with Crippen molar-refractivity contribution < 1.29 is 23.6 Å². The minimum Gasteiger partial charge on any atom is -0.459 e. The van der Waals surface area contributed by atoms with Gasteiger partial charge in [-0.15, -0.1) is 0 Å². The van der Waals surface area contributed by atoms with E-state index in [1.54, 1.807) is 18.2 Å². The number of hydrogen-bond acceptors (Lipinski definition) is 6. The fourth-order valence-electron chi connectivity index (χ4n) is 5.16. The van der Waals surface area contributed by atoms with E-state index in [1.807, 2.05) is 23.1 Å². The van der Waals surface area contributed by atoms with Crippen LogP contribution in [0, 0.1) is 0 Å². The van der Waals surface area contributed by atoms with Crippen LogP contribution in [0.2, 0.25) is 0 Å². The molecule has 0 radical (unpaired) electrons. The molecule has 36 heavy (non-hydrogen) atoms. The summed E-state index contributed by atoms with van der Waals surface area (Å²) in [6, 6.07) is 10.1. The van der Waals surface area contributed by atoms with Gasteiger partial charge in [0.25, 0.3) is 11.8 Å². The molecule has 3 amide bonds. The van der Waals surface area contributed by atoms with Crippen LogP contribution >= 0.6 is 0 Å². The minimum absolute atomic E-state index is 0.102. The first-order valence-electron chi connectivity index (χ1n) is 12.8. The number of carbonyl (C=O) groups is 4. The van der Waals surface area contributed by atoms with Crippen molar-refractivity contribution in [3.05, 3.63) is 54.0 Å². The summed E-state index contributed by atoms with van der Waals surface area (Å²) in [6.45, 7) is 0.626. The van der Waals surface area contributed by atoms with Crippen LogP contribution in [0.3, 0.4) is 0 Å². The third-order valence-corrected chi connectivity index (χ3v) is 7.37. The van der Waals surface area contributed by atoms with Crippen LogP contribution in [-0.4, -0.2) is 54.2 Å². The van der Waals surface area contributed by atoms with Gasteiger partial charge in [0, 0.05) is 18.3 Å². The Morgan fingerprint density at radius 2 is 1.69 bits per heavy atom. The van der Waals surface area contributed by atoms with Gasteiger partial charge in [0.1, 0.15) is 5.54 Å². The SMILES string of the molecule is O=C(NC1(C(=O)NC2CCN(c3ccccc3C(=O)NC3CC3)CC2=O)CCCCC1)c1ccco1. The van der Waals surface area contributed by atoms with E-state index >= 15 is 0 Å². The molecule has 9 heteroatoms.